The standard InChI is InChI=1S/C14H21Cl2N2O4P/c15-7-9-18(10-8-16)23(17,20)22-11-6-14(19)21-12-13-4-2-1-3-5-13/h1-5H,6-12H2,(H2,17,20)/i7D2,8D2. The van der Waals surface area contributed by atoms with E-state index in [9.17, 15) is 9.36 Å². The van der Waals surface area contributed by atoms with E-state index >= 15 is 0 Å². The minimum Gasteiger partial charge on any atom is -0.461 e. The maximum Gasteiger partial charge on any atom is 0.340 e. The Hall–Kier alpha value is -0.620. The van der Waals surface area contributed by atoms with Gasteiger partial charge in [0.25, 0.3) is 0 Å². The molecule has 1 atom stereocenters. The van der Waals surface area contributed by atoms with Gasteiger partial charge in [0.15, 0.2) is 0 Å². The lowest BCUT2D eigenvalue weighted by molar-refractivity contribution is -0.145. The molecule has 2 N–H and O–H groups in total. The smallest absolute Gasteiger partial charge is 0.340 e. The number of hydrogen-bond donors (Lipinski definition) is 1. The summed E-state index contributed by atoms with van der Waals surface area (Å²) >= 11 is 10.9. The van der Waals surface area contributed by atoms with E-state index in [0.29, 0.717) is 4.67 Å². The molecule has 0 aliphatic heterocycles. The van der Waals surface area contributed by atoms with Gasteiger partial charge in [-0.2, -0.15) is 0 Å². The van der Waals surface area contributed by atoms with E-state index in [1.165, 1.54) is 0 Å². The third-order valence-electron chi connectivity index (χ3n) is 2.70. The summed E-state index contributed by atoms with van der Waals surface area (Å²) in [6.07, 6.45) is -0.247. The number of nitrogens with zero attached hydrogens (tertiary/aromatic N) is 1. The van der Waals surface area contributed by atoms with Crippen LogP contribution in [0, 0.1) is 0 Å². The molecule has 9 heteroatoms. The molecule has 0 aliphatic carbocycles. The van der Waals surface area contributed by atoms with Crippen LogP contribution >= 0.6 is 30.9 Å². The van der Waals surface area contributed by atoms with E-state index in [1.807, 2.05) is 6.07 Å². The zero-order valence-corrected chi connectivity index (χ0v) is 14.7. The van der Waals surface area contributed by atoms with Gasteiger partial charge in [-0.05, 0) is 5.56 Å². The van der Waals surface area contributed by atoms with Gasteiger partial charge in [-0.3, -0.25) is 9.36 Å². The number of halogens is 2. The predicted octanol–water partition coefficient (Wildman–Crippen LogP) is 2.98. The van der Waals surface area contributed by atoms with Crippen LogP contribution in [0.1, 0.15) is 17.5 Å². The number of ether oxygens (including phenoxy) is 1. The molecule has 6 nitrogen and oxygen atoms in total. The Labute approximate surface area is 152 Å². The molecule has 0 fully saturated rings. The molecule has 0 aromatic heterocycles. The first kappa shape index (κ1) is 14.7. The molecule has 1 unspecified atom stereocenters. The fraction of sp³-hybridized carbons (Fsp3) is 0.500. The van der Waals surface area contributed by atoms with Crippen molar-refractivity contribution in [1.82, 2.24) is 4.67 Å². The Morgan fingerprint density at radius 3 is 2.43 bits per heavy atom. The lowest BCUT2D eigenvalue weighted by Crippen LogP contribution is -2.30. The number of esters is 1. The Kier molecular flexibility index (Phi) is 7.05. The van der Waals surface area contributed by atoms with Crippen LogP contribution in [0.2, 0.25) is 0 Å². The highest BCUT2D eigenvalue weighted by atomic mass is 35.5. The largest absolute Gasteiger partial charge is 0.461 e. The van der Waals surface area contributed by atoms with E-state index < -0.39 is 38.4 Å². The van der Waals surface area contributed by atoms with Crippen molar-refractivity contribution in [3.8, 4) is 0 Å². The number of nitrogens with two attached hydrogens (primary N) is 1. The van der Waals surface area contributed by atoms with Gasteiger partial charge >= 0.3 is 13.6 Å². The van der Waals surface area contributed by atoms with Crippen LogP contribution in [0.3, 0.4) is 0 Å². The number of rotatable bonds is 11. The predicted molar refractivity (Wildman–Crippen MR) is 91.6 cm³/mol. The van der Waals surface area contributed by atoms with Crippen molar-refractivity contribution in [3.63, 3.8) is 0 Å². The summed E-state index contributed by atoms with van der Waals surface area (Å²) in [7, 11) is -4.15. The fourth-order valence-electron chi connectivity index (χ4n) is 1.54. The number of benzene rings is 1. The molecule has 0 bridgehead atoms. The third-order valence-corrected chi connectivity index (χ3v) is 4.57. The molecule has 0 amide bonds. The van der Waals surface area contributed by atoms with Gasteiger partial charge in [0.2, 0.25) is 0 Å². The topological polar surface area (TPSA) is 81.9 Å². The van der Waals surface area contributed by atoms with Crippen molar-refractivity contribution in [2.75, 3.05) is 31.4 Å². The highest BCUT2D eigenvalue weighted by Crippen LogP contribution is 2.42. The molecule has 0 aliphatic rings. The van der Waals surface area contributed by atoms with E-state index in [2.05, 4.69) is 0 Å². The maximum atomic E-state index is 12.5. The average Bonchev–Trinajstić information content (AvgIpc) is 2.50. The summed E-state index contributed by atoms with van der Waals surface area (Å²) in [5.41, 5.74) is 6.39. The fourth-order valence-corrected chi connectivity index (χ4v) is 3.05. The summed E-state index contributed by atoms with van der Waals surface area (Å²) in [5.74, 6) is -5.28. The molecule has 23 heavy (non-hydrogen) atoms. The molecule has 130 valence electrons. The van der Waals surface area contributed by atoms with Crippen LogP contribution in [0.15, 0.2) is 30.3 Å². The summed E-state index contributed by atoms with van der Waals surface area (Å²) in [4.78, 5) is 11.7. The SMILES string of the molecule is [2H]C([2H])(Cl)CN(CC([2H])([2H])Cl)P(N)(=O)OCCC(=O)OCc1ccccc1. The van der Waals surface area contributed by atoms with Crippen molar-refractivity contribution >= 4 is 36.8 Å². The van der Waals surface area contributed by atoms with Gasteiger partial charge in [-0.1, -0.05) is 30.3 Å². The lowest BCUT2D eigenvalue weighted by atomic mass is 10.2. The van der Waals surface area contributed by atoms with Crippen molar-refractivity contribution in [2.24, 2.45) is 5.50 Å². The lowest BCUT2D eigenvalue weighted by Gasteiger charge is -2.26. The number of carbonyl (C=O) groups is 1. The molecule has 0 saturated carbocycles. The van der Waals surface area contributed by atoms with Gasteiger partial charge in [0.1, 0.15) is 6.61 Å². The first-order valence-electron chi connectivity index (χ1n) is 8.64. The molecule has 1 rings (SSSR count). The zero-order valence-electron chi connectivity index (χ0n) is 16.3. The second-order valence-corrected chi connectivity index (χ2v) is 6.87. The monoisotopic (exact) mass is 386 g/mol. The first-order chi connectivity index (χ1) is 12.3. The molecule has 0 heterocycles. The van der Waals surface area contributed by atoms with Crippen molar-refractivity contribution in [2.45, 2.75) is 13.0 Å². The zero-order chi connectivity index (χ0) is 20.7. The molecular formula is C14H21Cl2N2O4P. The maximum absolute atomic E-state index is 12.5. The molecule has 1 aromatic rings. The second kappa shape index (κ2) is 11.0. The van der Waals surface area contributed by atoms with E-state index in [1.54, 1.807) is 24.3 Å². The number of alkyl halides is 2. The van der Waals surface area contributed by atoms with E-state index in [0.717, 1.165) is 5.56 Å². The first-order valence-corrected chi connectivity index (χ1v) is 9.05. The van der Waals surface area contributed by atoms with E-state index in [-0.39, 0.29) is 19.6 Å². The Bertz CT molecular complexity index is 643. The van der Waals surface area contributed by atoms with Crippen LogP contribution in [-0.4, -0.2) is 42.0 Å². The summed E-state index contributed by atoms with van der Waals surface area (Å²) in [5, 5.41) is 0. The number of hydrogen-bond acceptors (Lipinski definition) is 4. The normalized spacial score (nSPS) is 17.6. The van der Waals surface area contributed by atoms with Gasteiger partial charge < -0.3 is 9.26 Å². The van der Waals surface area contributed by atoms with Crippen LogP contribution in [-0.2, 0) is 25.2 Å². The Balaban J connectivity index is 2.55. The number of carbonyl (C=O) groups excluding carboxylic acids is 1. The molecular weight excluding hydrogens is 362 g/mol. The van der Waals surface area contributed by atoms with Crippen LogP contribution in [0.5, 0.6) is 0 Å². The quantitative estimate of drug-likeness (QED) is 0.357. The molecule has 0 saturated heterocycles. The minimum absolute atomic E-state index is 0.0744. The van der Waals surface area contributed by atoms with Gasteiger partial charge in [-0.15, -0.1) is 23.2 Å². The summed E-state index contributed by atoms with van der Waals surface area (Å²) in [6.45, 7) is -1.67. The average molecular weight is 387 g/mol. The van der Waals surface area contributed by atoms with Crippen molar-refractivity contribution in [1.29, 1.82) is 0 Å². The van der Waals surface area contributed by atoms with Gasteiger partial charge in [-0.25, -0.2) is 10.2 Å². The van der Waals surface area contributed by atoms with Crippen LogP contribution in [0.25, 0.3) is 0 Å². The Morgan fingerprint density at radius 1 is 1.26 bits per heavy atom. The van der Waals surface area contributed by atoms with Gasteiger partial charge in [0, 0.05) is 30.2 Å². The van der Waals surface area contributed by atoms with Gasteiger partial charge in [0.05, 0.1) is 13.0 Å². The highest BCUT2D eigenvalue weighted by molar-refractivity contribution is 7.53. The molecule has 0 radical (unpaired) electrons. The summed E-state index contributed by atoms with van der Waals surface area (Å²) < 4.78 is 52.7. The van der Waals surface area contributed by atoms with Crippen LogP contribution < -0.4 is 5.50 Å². The van der Waals surface area contributed by atoms with Crippen LogP contribution in [0.4, 0.5) is 0 Å². The Morgan fingerprint density at radius 2 is 1.87 bits per heavy atom. The van der Waals surface area contributed by atoms with Crippen molar-refractivity contribution < 1.29 is 24.1 Å². The molecule has 0 spiro atoms. The molecule has 1 aromatic carbocycles. The minimum atomic E-state index is -4.15. The van der Waals surface area contributed by atoms with E-state index in [4.69, 9.17) is 43.4 Å². The summed E-state index contributed by atoms with van der Waals surface area (Å²) in [6, 6.07) is 9.01. The third kappa shape index (κ3) is 8.15. The highest BCUT2D eigenvalue weighted by Gasteiger charge is 2.26. The van der Waals surface area contributed by atoms with Crippen molar-refractivity contribution in [3.05, 3.63) is 35.9 Å². The second-order valence-electron chi connectivity index (χ2n) is 4.38.